The molecule has 7 nitrogen and oxygen atoms in total. The zero-order valence-corrected chi connectivity index (χ0v) is 20.0. The smallest absolute Gasteiger partial charge is 0.407 e. The molecule has 0 bridgehead atoms. The van der Waals surface area contributed by atoms with Crippen molar-refractivity contribution in [2.24, 2.45) is 11.8 Å². The normalized spacial score (nSPS) is 19.1. The number of carboxylic acids is 1. The van der Waals surface area contributed by atoms with E-state index in [0.717, 1.165) is 36.8 Å². The molecule has 2 unspecified atom stereocenters. The molecule has 0 radical (unpaired) electrons. The molecule has 0 saturated heterocycles. The topological polar surface area (TPSA) is 105 Å². The lowest BCUT2D eigenvalue weighted by molar-refractivity contribution is -0.137. The van der Waals surface area contributed by atoms with Crippen molar-refractivity contribution >= 4 is 18.0 Å². The molecular formula is C28H32N2O5. The number of aliphatic carboxylic acids is 1. The minimum atomic E-state index is -0.913. The molecule has 3 aliphatic rings. The molecule has 35 heavy (non-hydrogen) atoms. The van der Waals surface area contributed by atoms with E-state index in [9.17, 15) is 14.4 Å². The summed E-state index contributed by atoms with van der Waals surface area (Å²) >= 11 is 0. The lowest BCUT2D eigenvalue weighted by Gasteiger charge is -2.31. The number of nitrogens with one attached hydrogen (secondary N) is 2. The Labute approximate surface area is 205 Å². The second-order valence-corrected chi connectivity index (χ2v) is 10.4. The number of alkyl carbamates (subject to hydrolysis) is 1. The number of fused-ring (bicyclic) bond motifs is 3. The summed E-state index contributed by atoms with van der Waals surface area (Å²) in [6.07, 6.45) is 3.26. The molecule has 7 heteroatoms. The van der Waals surface area contributed by atoms with Gasteiger partial charge in [0.15, 0.2) is 0 Å². The molecule has 0 heterocycles. The first kappa shape index (κ1) is 23.4. The first-order valence-corrected chi connectivity index (χ1v) is 12.5. The van der Waals surface area contributed by atoms with Crippen LogP contribution in [-0.2, 0) is 14.3 Å². The van der Waals surface area contributed by atoms with Gasteiger partial charge in [0.2, 0.25) is 5.91 Å². The first-order valence-electron chi connectivity index (χ1n) is 12.5. The van der Waals surface area contributed by atoms with Gasteiger partial charge >= 0.3 is 12.1 Å². The van der Waals surface area contributed by atoms with Gasteiger partial charge in [-0.05, 0) is 66.7 Å². The molecule has 0 aromatic heterocycles. The minimum absolute atomic E-state index is 0.0288. The van der Waals surface area contributed by atoms with Gasteiger partial charge in [0.05, 0.1) is 12.0 Å². The van der Waals surface area contributed by atoms with Crippen LogP contribution in [0.25, 0.3) is 11.1 Å². The fourth-order valence-corrected chi connectivity index (χ4v) is 5.49. The SMILES string of the molecule is CC(CC(=O)NC(CC(=O)O)C1CC1)(NC(=O)OCC1c2ccccc2-c2ccccc21)C1CC1. The van der Waals surface area contributed by atoms with E-state index in [1.807, 2.05) is 31.2 Å². The van der Waals surface area contributed by atoms with Crippen molar-refractivity contribution in [2.45, 2.75) is 62.9 Å². The summed E-state index contributed by atoms with van der Waals surface area (Å²) in [7, 11) is 0. The molecule has 2 aromatic carbocycles. The van der Waals surface area contributed by atoms with E-state index in [4.69, 9.17) is 9.84 Å². The summed E-state index contributed by atoms with van der Waals surface area (Å²) in [5.74, 6) is -0.732. The van der Waals surface area contributed by atoms with Gasteiger partial charge in [-0.15, -0.1) is 0 Å². The van der Waals surface area contributed by atoms with E-state index in [2.05, 4.69) is 34.9 Å². The van der Waals surface area contributed by atoms with Crippen LogP contribution in [0, 0.1) is 11.8 Å². The Morgan fingerprint density at radius 1 is 1.00 bits per heavy atom. The number of ether oxygens (including phenoxy) is 1. The molecule has 2 atom stereocenters. The Morgan fingerprint density at radius 2 is 1.60 bits per heavy atom. The minimum Gasteiger partial charge on any atom is -0.481 e. The van der Waals surface area contributed by atoms with E-state index in [1.54, 1.807) is 0 Å². The maximum atomic E-state index is 12.9. The van der Waals surface area contributed by atoms with Crippen LogP contribution in [-0.4, -0.2) is 41.3 Å². The third-order valence-corrected chi connectivity index (χ3v) is 7.67. The number of amides is 2. The third-order valence-electron chi connectivity index (χ3n) is 7.67. The van der Waals surface area contributed by atoms with Gasteiger partial charge in [0.25, 0.3) is 0 Å². The summed E-state index contributed by atoms with van der Waals surface area (Å²) in [6.45, 7) is 2.10. The Morgan fingerprint density at radius 3 is 2.14 bits per heavy atom. The second kappa shape index (κ2) is 9.36. The summed E-state index contributed by atoms with van der Waals surface area (Å²) < 4.78 is 5.72. The van der Waals surface area contributed by atoms with Crippen molar-refractivity contribution in [3.8, 4) is 11.1 Å². The predicted octanol–water partition coefficient (Wildman–Crippen LogP) is 4.45. The van der Waals surface area contributed by atoms with Crippen molar-refractivity contribution in [2.75, 3.05) is 6.61 Å². The van der Waals surface area contributed by atoms with Crippen molar-refractivity contribution < 1.29 is 24.2 Å². The first-order chi connectivity index (χ1) is 16.8. The lowest BCUT2D eigenvalue weighted by Crippen LogP contribution is -2.52. The van der Waals surface area contributed by atoms with E-state index in [-0.39, 0.29) is 49.2 Å². The van der Waals surface area contributed by atoms with Crippen molar-refractivity contribution in [1.29, 1.82) is 0 Å². The van der Waals surface area contributed by atoms with E-state index >= 15 is 0 Å². The molecule has 5 rings (SSSR count). The molecule has 2 amide bonds. The molecule has 3 aliphatic carbocycles. The highest BCUT2D eigenvalue weighted by atomic mass is 16.5. The van der Waals surface area contributed by atoms with Crippen LogP contribution >= 0.6 is 0 Å². The van der Waals surface area contributed by atoms with Crippen LogP contribution in [0.15, 0.2) is 48.5 Å². The van der Waals surface area contributed by atoms with Gasteiger partial charge in [-0.2, -0.15) is 0 Å². The van der Waals surface area contributed by atoms with Crippen molar-refractivity contribution in [1.82, 2.24) is 10.6 Å². The lowest BCUT2D eigenvalue weighted by atomic mass is 9.91. The number of carbonyl (C=O) groups is 3. The Balaban J connectivity index is 1.21. The zero-order valence-electron chi connectivity index (χ0n) is 20.0. The van der Waals surface area contributed by atoms with Crippen molar-refractivity contribution in [3.05, 3.63) is 59.7 Å². The largest absolute Gasteiger partial charge is 0.481 e. The fraction of sp³-hybridized carbons (Fsp3) is 0.464. The molecule has 0 aliphatic heterocycles. The van der Waals surface area contributed by atoms with Crippen LogP contribution in [0.3, 0.4) is 0 Å². The van der Waals surface area contributed by atoms with Gasteiger partial charge in [0, 0.05) is 18.4 Å². The van der Waals surface area contributed by atoms with E-state index in [0.29, 0.717) is 0 Å². The Hall–Kier alpha value is -3.35. The van der Waals surface area contributed by atoms with Crippen LogP contribution in [0.4, 0.5) is 4.79 Å². The Bertz CT molecular complexity index is 1090. The van der Waals surface area contributed by atoms with Gasteiger partial charge in [-0.1, -0.05) is 48.5 Å². The molecule has 0 spiro atoms. The highest BCUT2D eigenvalue weighted by Gasteiger charge is 2.45. The molecule has 184 valence electrons. The van der Waals surface area contributed by atoms with Gasteiger partial charge in [-0.25, -0.2) is 4.79 Å². The molecular weight excluding hydrogens is 444 g/mol. The van der Waals surface area contributed by atoms with Crippen LogP contribution < -0.4 is 10.6 Å². The highest BCUT2D eigenvalue weighted by Crippen LogP contribution is 2.45. The van der Waals surface area contributed by atoms with Crippen LogP contribution in [0.2, 0.25) is 0 Å². The maximum absolute atomic E-state index is 12.9. The fourth-order valence-electron chi connectivity index (χ4n) is 5.49. The average molecular weight is 477 g/mol. The second-order valence-electron chi connectivity index (χ2n) is 10.4. The summed E-state index contributed by atoms with van der Waals surface area (Å²) in [5, 5.41) is 15.1. The maximum Gasteiger partial charge on any atom is 0.407 e. The number of carboxylic acid groups (broad SMARTS) is 1. The number of hydrogen-bond donors (Lipinski definition) is 3. The molecule has 2 saturated carbocycles. The van der Waals surface area contributed by atoms with E-state index < -0.39 is 17.6 Å². The Kier molecular flexibility index (Phi) is 6.26. The monoisotopic (exact) mass is 476 g/mol. The quantitative estimate of drug-likeness (QED) is 0.470. The van der Waals surface area contributed by atoms with Crippen LogP contribution in [0.5, 0.6) is 0 Å². The van der Waals surface area contributed by atoms with Gasteiger partial charge in [0.1, 0.15) is 6.61 Å². The average Bonchev–Trinajstić information content (AvgIpc) is 3.72. The number of carbonyl (C=O) groups excluding carboxylic acids is 2. The molecule has 2 aromatic rings. The summed E-state index contributed by atoms with van der Waals surface area (Å²) in [5.41, 5.74) is 3.90. The standard InChI is InChI=1S/C28H32N2O5/c1-28(18-12-13-18,15-25(31)29-24(14-26(32)33)17-10-11-17)30-27(34)35-16-23-21-8-4-2-6-19(21)20-7-3-5-9-22(20)23/h2-9,17-18,23-24H,10-16H2,1H3,(H,29,31)(H,30,34)(H,32,33). The van der Waals surface area contributed by atoms with Crippen LogP contribution in [0.1, 0.15) is 62.5 Å². The summed E-state index contributed by atoms with van der Waals surface area (Å²) in [6, 6.07) is 16.0. The van der Waals surface area contributed by atoms with Crippen molar-refractivity contribution in [3.63, 3.8) is 0 Å². The van der Waals surface area contributed by atoms with Gasteiger partial charge < -0.3 is 20.5 Å². The predicted molar refractivity (Wildman–Crippen MR) is 131 cm³/mol. The van der Waals surface area contributed by atoms with Gasteiger partial charge in [-0.3, -0.25) is 9.59 Å². The third kappa shape index (κ3) is 5.19. The summed E-state index contributed by atoms with van der Waals surface area (Å²) in [4.78, 5) is 36.9. The number of hydrogen-bond acceptors (Lipinski definition) is 4. The molecule has 2 fully saturated rings. The number of rotatable bonds is 10. The number of benzene rings is 2. The van der Waals surface area contributed by atoms with E-state index in [1.165, 1.54) is 11.1 Å². The molecule has 3 N–H and O–H groups in total. The zero-order chi connectivity index (χ0) is 24.6. The highest BCUT2D eigenvalue weighted by molar-refractivity contribution is 5.81.